The van der Waals surface area contributed by atoms with Crippen molar-refractivity contribution in [3.05, 3.63) is 30.6 Å². The van der Waals surface area contributed by atoms with Gasteiger partial charge in [0.05, 0.1) is 31.7 Å². The molecule has 2 aromatic rings. The van der Waals surface area contributed by atoms with Crippen LogP contribution in [0.5, 0.6) is 0 Å². The van der Waals surface area contributed by atoms with E-state index in [0.717, 1.165) is 42.9 Å². The molecule has 1 fully saturated rings. The van der Waals surface area contributed by atoms with E-state index in [1.807, 2.05) is 18.2 Å². The second-order valence-corrected chi connectivity index (χ2v) is 4.07. The molecule has 0 bridgehead atoms. The van der Waals surface area contributed by atoms with Crippen LogP contribution in [0.4, 0.5) is 5.82 Å². The van der Waals surface area contributed by atoms with Crippen LogP contribution < -0.4 is 10.2 Å². The zero-order chi connectivity index (χ0) is 10.8. The lowest BCUT2D eigenvalue weighted by molar-refractivity contribution is -0.655. The van der Waals surface area contributed by atoms with E-state index in [1.165, 1.54) is 0 Å². The van der Waals surface area contributed by atoms with Crippen molar-refractivity contribution in [2.24, 2.45) is 0 Å². The first kappa shape index (κ1) is 9.54. The highest BCUT2D eigenvalue weighted by Gasteiger charge is 2.16. The molecular weight excluding hydrogens is 200 g/mol. The van der Waals surface area contributed by atoms with E-state index in [-0.39, 0.29) is 0 Å². The first-order valence-corrected chi connectivity index (χ1v) is 5.71. The molecule has 1 aliphatic rings. The molecule has 0 radical (unpaired) electrons. The molecule has 16 heavy (non-hydrogen) atoms. The molecule has 82 valence electrons. The van der Waals surface area contributed by atoms with Crippen molar-refractivity contribution in [2.45, 2.75) is 0 Å². The minimum atomic E-state index is 1.03. The Kier molecular flexibility index (Phi) is 2.42. The van der Waals surface area contributed by atoms with Gasteiger partial charge in [0, 0.05) is 5.39 Å². The topological polar surface area (TPSA) is 45.6 Å². The summed E-state index contributed by atoms with van der Waals surface area (Å²) in [6.07, 6.45) is 1.66. The van der Waals surface area contributed by atoms with Crippen molar-refractivity contribution in [1.82, 2.24) is 9.97 Å². The summed E-state index contributed by atoms with van der Waals surface area (Å²) < 4.78 is 0. The van der Waals surface area contributed by atoms with Crippen LogP contribution in [0.3, 0.4) is 0 Å². The Morgan fingerprint density at radius 1 is 1.06 bits per heavy atom. The number of quaternary nitrogens is 1. The molecule has 0 spiro atoms. The number of piperazine rings is 1. The van der Waals surface area contributed by atoms with Crippen molar-refractivity contribution >= 4 is 16.7 Å². The number of nitrogens with zero attached hydrogens (tertiary/aromatic N) is 3. The van der Waals surface area contributed by atoms with Crippen molar-refractivity contribution < 1.29 is 5.32 Å². The van der Waals surface area contributed by atoms with Gasteiger partial charge in [-0.15, -0.1) is 0 Å². The summed E-state index contributed by atoms with van der Waals surface area (Å²) in [5.41, 5.74) is 1.03. The van der Waals surface area contributed by atoms with Gasteiger partial charge in [-0.3, -0.25) is 0 Å². The molecule has 0 atom stereocenters. The normalized spacial score (nSPS) is 16.6. The summed E-state index contributed by atoms with van der Waals surface area (Å²) in [6, 6.07) is 8.20. The van der Waals surface area contributed by atoms with Gasteiger partial charge in [-0.25, -0.2) is 9.97 Å². The molecule has 3 rings (SSSR count). The fraction of sp³-hybridized carbons (Fsp3) is 0.333. The molecule has 2 N–H and O–H groups in total. The van der Waals surface area contributed by atoms with Gasteiger partial charge in [-0.05, 0) is 12.1 Å². The highest BCUT2D eigenvalue weighted by molar-refractivity contribution is 5.89. The Morgan fingerprint density at radius 3 is 2.75 bits per heavy atom. The van der Waals surface area contributed by atoms with Gasteiger partial charge in [-0.2, -0.15) is 0 Å². The second kappa shape index (κ2) is 4.06. The summed E-state index contributed by atoms with van der Waals surface area (Å²) in [6.45, 7) is 4.44. The maximum absolute atomic E-state index is 4.43. The maximum atomic E-state index is 4.43. The van der Waals surface area contributed by atoms with Crippen molar-refractivity contribution in [2.75, 3.05) is 31.1 Å². The standard InChI is InChI=1S/C12H14N4/c1-2-4-11-10(3-1)12(15-9-14-11)16-7-5-13-6-8-16/h1-4,9,13H,5-8H2/p+1. The lowest BCUT2D eigenvalue weighted by Crippen LogP contribution is -2.89. The van der Waals surface area contributed by atoms with Crippen LogP contribution in [0.1, 0.15) is 0 Å². The number of nitrogens with two attached hydrogens (primary N) is 1. The molecule has 4 heteroatoms. The van der Waals surface area contributed by atoms with Crippen LogP contribution in [0.2, 0.25) is 0 Å². The molecule has 1 saturated heterocycles. The number of hydrogen-bond donors (Lipinski definition) is 1. The quantitative estimate of drug-likeness (QED) is 0.729. The Morgan fingerprint density at radius 2 is 1.88 bits per heavy atom. The van der Waals surface area contributed by atoms with Gasteiger partial charge < -0.3 is 10.2 Å². The van der Waals surface area contributed by atoms with E-state index in [4.69, 9.17) is 0 Å². The van der Waals surface area contributed by atoms with Crippen molar-refractivity contribution in [3.8, 4) is 0 Å². The molecular formula is C12H15N4+. The van der Waals surface area contributed by atoms with Crippen LogP contribution >= 0.6 is 0 Å². The minimum Gasteiger partial charge on any atom is -0.345 e. The van der Waals surface area contributed by atoms with Crippen LogP contribution in [0.15, 0.2) is 30.6 Å². The molecule has 0 saturated carbocycles. The summed E-state index contributed by atoms with van der Waals surface area (Å²) in [7, 11) is 0. The fourth-order valence-electron chi connectivity index (χ4n) is 2.20. The Balaban J connectivity index is 2.08. The van der Waals surface area contributed by atoms with Crippen LogP contribution in [0, 0.1) is 0 Å². The Bertz CT molecular complexity index is 486. The highest BCUT2D eigenvalue weighted by Crippen LogP contribution is 2.21. The predicted molar refractivity (Wildman–Crippen MR) is 63.4 cm³/mol. The lowest BCUT2D eigenvalue weighted by Gasteiger charge is -2.26. The van der Waals surface area contributed by atoms with Gasteiger partial charge >= 0.3 is 0 Å². The third-order valence-electron chi connectivity index (χ3n) is 3.03. The van der Waals surface area contributed by atoms with Gasteiger partial charge in [-0.1, -0.05) is 12.1 Å². The first-order valence-electron chi connectivity index (χ1n) is 5.71. The van der Waals surface area contributed by atoms with Crippen LogP contribution in [0.25, 0.3) is 10.9 Å². The second-order valence-electron chi connectivity index (χ2n) is 4.07. The molecule has 0 aliphatic carbocycles. The molecule has 1 aromatic carbocycles. The summed E-state index contributed by atoms with van der Waals surface area (Å²) in [4.78, 5) is 11.1. The monoisotopic (exact) mass is 215 g/mol. The summed E-state index contributed by atoms with van der Waals surface area (Å²) in [5, 5.41) is 3.51. The van der Waals surface area contributed by atoms with Crippen LogP contribution in [-0.4, -0.2) is 36.1 Å². The molecule has 2 heterocycles. The van der Waals surface area contributed by atoms with Gasteiger partial charge in [0.25, 0.3) is 0 Å². The first-order chi connectivity index (χ1) is 7.95. The molecule has 0 amide bonds. The van der Waals surface area contributed by atoms with Crippen molar-refractivity contribution in [1.29, 1.82) is 0 Å². The van der Waals surface area contributed by atoms with E-state index < -0.39 is 0 Å². The van der Waals surface area contributed by atoms with E-state index >= 15 is 0 Å². The number of para-hydroxylation sites is 1. The largest absolute Gasteiger partial charge is 0.345 e. The summed E-state index contributed by atoms with van der Waals surface area (Å²) >= 11 is 0. The zero-order valence-electron chi connectivity index (χ0n) is 9.13. The van der Waals surface area contributed by atoms with Crippen LogP contribution in [-0.2, 0) is 0 Å². The van der Waals surface area contributed by atoms with E-state index in [9.17, 15) is 0 Å². The van der Waals surface area contributed by atoms with E-state index in [1.54, 1.807) is 6.33 Å². The number of aromatic nitrogens is 2. The Labute approximate surface area is 94.3 Å². The highest BCUT2D eigenvalue weighted by atomic mass is 15.2. The summed E-state index contributed by atoms with van der Waals surface area (Å²) in [5.74, 6) is 1.08. The zero-order valence-corrected chi connectivity index (χ0v) is 9.13. The number of fused-ring (bicyclic) bond motifs is 1. The molecule has 1 aliphatic heterocycles. The smallest absolute Gasteiger partial charge is 0.140 e. The lowest BCUT2D eigenvalue weighted by atomic mass is 10.2. The van der Waals surface area contributed by atoms with Gasteiger partial charge in [0.2, 0.25) is 0 Å². The minimum absolute atomic E-state index is 1.03. The molecule has 4 nitrogen and oxygen atoms in total. The van der Waals surface area contributed by atoms with Gasteiger partial charge in [0.15, 0.2) is 0 Å². The predicted octanol–water partition coefficient (Wildman–Crippen LogP) is 0.0132. The Hall–Kier alpha value is -1.68. The fourth-order valence-corrected chi connectivity index (χ4v) is 2.20. The SMILES string of the molecule is c1ccc2c(N3CC[NH2+]CC3)ncnc2c1. The van der Waals surface area contributed by atoms with E-state index in [2.05, 4.69) is 26.3 Å². The maximum Gasteiger partial charge on any atom is 0.140 e. The average Bonchev–Trinajstić information content (AvgIpc) is 2.39. The number of anilines is 1. The van der Waals surface area contributed by atoms with Crippen molar-refractivity contribution in [3.63, 3.8) is 0 Å². The number of rotatable bonds is 1. The average molecular weight is 215 g/mol. The third kappa shape index (κ3) is 1.61. The number of hydrogen-bond acceptors (Lipinski definition) is 3. The number of benzene rings is 1. The third-order valence-corrected chi connectivity index (χ3v) is 3.03. The molecule has 1 aromatic heterocycles. The molecule has 0 unspecified atom stereocenters. The van der Waals surface area contributed by atoms with Gasteiger partial charge in [0.1, 0.15) is 12.1 Å². The van der Waals surface area contributed by atoms with E-state index in [0.29, 0.717) is 0 Å².